The van der Waals surface area contributed by atoms with Crippen molar-refractivity contribution in [3.05, 3.63) is 50.0 Å². The van der Waals surface area contributed by atoms with Crippen LogP contribution in [-0.4, -0.2) is 40.3 Å². The van der Waals surface area contributed by atoms with Gasteiger partial charge < -0.3 is 15.2 Å². The van der Waals surface area contributed by atoms with Crippen molar-refractivity contribution in [3.8, 4) is 0 Å². The van der Waals surface area contributed by atoms with E-state index in [-0.39, 0.29) is 36.9 Å². The van der Waals surface area contributed by atoms with Gasteiger partial charge in [-0.2, -0.15) is 0 Å². The maximum atomic E-state index is 12.2. The van der Waals surface area contributed by atoms with Gasteiger partial charge >= 0.3 is 0 Å². The fourth-order valence-corrected chi connectivity index (χ4v) is 3.64. The van der Waals surface area contributed by atoms with E-state index < -0.39 is 0 Å². The van der Waals surface area contributed by atoms with Crippen LogP contribution in [0.2, 0.25) is 0 Å². The molecule has 0 radical (unpaired) electrons. The predicted molar refractivity (Wildman–Crippen MR) is 98.0 cm³/mol. The Hall–Kier alpha value is -2.52. The van der Waals surface area contributed by atoms with E-state index in [1.807, 2.05) is 10.8 Å². The summed E-state index contributed by atoms with van der Waals surface area (Å²) in [6.45, 7) is 0.464. The Morgan fingerprint density at radius 1 is 1.28 bits per heavy atom. The zero-order valence-electron chi connectivity index (χ0n) is 13.4. The second kappa shape index (κ2) is 7.58. The third-order valence-electron chi connectivity index (χ3n) is 3.55. The Morgan fingerprint density at radius 3 is 2.88 bits per heavy atom. The van der Waals surface area contributed by atoms with Crippen molar-refractivity contribution in [2.45, 2.75) is 13.0 Å². The molecule has 0 saturated heterocycles. The first-order valence-corrected chi connectivity index (χ1v) is 9.32. The minimum atomic E-state index is -0.195. The van der Waals surface area contributed by atoms with Gasteiger partial charge in [0, 0.05) is 20.0 Å². The molecule has 0 aromatic carbocycles. The molecule has 0 saturated carbocycles. The highest BCUT2D eigenvalue weighted by Gasteiger charge is 2.13. The number of aromatic amines is 1. The van der Waals surface area contributed by atoms with Gasteiger partial charge in [-0.3, -0.25) is 14.4 Å². The lowest BCUT2D eigenvalue weighted by Gasteiger charge is -2.16. The summed E-state index contributed by atoms with van der Waals surface area (Å²) in [5.41, 5.74) is 0.437. The molecule has 2 N–H and O–H groups in total. The second-order valence-corrected chi connectivity index (χ2v) is 7.24. The third-order valence-corrected chi connectivity index (χ3v) is 5.32. The molecule has 2 amide bonds. The van der Waals surface area contributed by atoms with Crippen molar-refractivity contribution in [1.82, 2.24) is 20.2 Å². The first kappa shape index (κ1) is 17.3. The summed E-state index contributed by atoms with van der Waals surface area (Å²) in [4.78, 5) is 45.1. The molecule has 0 bridgehead atoms. The average Bonchev–Trinajstić information content (AvgIpc) is 3.26. The maximum Gasteiger partial charge on any atom is 0.268 e. The third kappa shape index (κ3) is 4.12. The number of thiophene rings is 2. The summed E-state index contributed by atoms with van der Waals surface area (Å²) in [5.74, 6) is 0.119. The summed E-state index contributed by atoms with van der Waals surface area (Å²) >= 11 is 2.69. The highest BCUT2D eigenvalue weighted by atomic mass is 32.1. The summed E-state index contributed by atoms with van der Waals surface area (Å²) in [6, 6.07) is 5.31. The number of rotatable bonds is 6. The van der Waals surface area contributed by atoms with Crippen LogP contribution >= 0.6 is 22.7 Å². The number of carbonyl (C=O) groups is 2. The highest BCUT2D eigenvalue weighted by Crippen LogP contribution is 2.14. The molecular formula is C16H16N4O3S2. The van der Waals surface area contributed by atoms with Gasteiger partial charge in [0.1, 0.15) is 10.5 Å². The van der Waals surface area contributed by atoms with Crippen molar-refractivity contribution in [3.63, 3.8) is 0 Å². The van der Waals surface area contributed by atoms with Crippen molar-refractivity contribution < 1.29 is 9.59 Å². The molecule has 0 atom stereocenters. The van der Waals surface area contributed by atoms with Gasteiger partial charge in [0.15, 0.2) is 0 Å². The van der Waals surface area contributed by atoms with Gasteiger partial charge in [-0.1, -0.05) is 6.07 Å². The molecule has 0 fully saturated rings. The number of fused-ring (bicyclic) bond motifs is 1. The number of amides is 2. The molecule has 3 aromatic rings. The lowest BCUT2D eigenvalue weighted by Crippen LogP contribution is -2.32. The molecule has 0 unspecified atom stereocenters. The lowest BCUT2D eigenvalue weighted by molar-refractivity contribution is -0.130. The van der Waals surface area contributed by atoms with Gasteiger partial charge in [-0.05, 0) is 22.9 Å². The van der Waals surface area contributed by atoms with E-state index in [0.29, 0.717) is 20.9 Å². The number of hydrogen-bond donors (Lipinski definition) is 2. The monoisotopic (exact) mass is 376 g/mol. The van der Waals surface area contributed by atoms with Gasteiger partial charge in [0.25, 0.3) is 11.5 Å². The molecule has 0 aliphatic heterocycles. The highest BCUT2D eigenvalue weighted by molar-refractivity contribution is 7.17. The summed E-state index contributed by atoms with van der Waals surface area (Å²) in [6.07, 6.45) is 0.179. The standard InChI is InChI=1S/C16H16N4O3S2/c1-20(9-12-18-10-5-8-25-14(10)16(23)19-12)13(21)4-6-17-15(22)11-3-2-7-24-11/h2-3,5,7-8H,4,6,9H2,1H3,(H,17,22)(H,18,19,23). The van der Waals surface area contributed by atoms with Crippen LogP contribution in [0.25, 0.3) is 10.2 Å². The zero-order chi connectivity index (χ0) is 17.8. The first-order valence-electron chi connectivity index (χ1n) is 7.56. The Balaban J connectivity index is 1.53. The van der Waals surface area contributed by atoms with Gasteiger partial charge in [0.05, 0.1) is 16.9 Å². The minimum absolute atomic E-state index is 0.139. The van der Waals surface area contributed by atoms with E-state index in [9.17, 15) is 14.4 Å². The normalized spacial score (nSPS) is 10.8. The van der Waals surface area contributed by atoms with Gasteiger partial charge in [0.2, 0.25) is 5.91 Å². The number of H-pyrrole nitrogens is 1. The molecular weight excluding hydrogens is 360 g/mol. The Labute approximate surface area is 151 Å². The van der Waals surface area contributed by atoms with Crippen LogP contribution in [-0.2, 0) is 11.3 Å². The van der Waals surface area contributed by atoms with Crippen LogP contribution in [0.1, 0.15) is 21.9 Å². The van der Waals surface area contributed by atoms with Gasteiger partial charge in [-0.15, -0.1) is 22.7 Å². The van der Waals surface area contributed by atoms with Crippen LogP contribution in [0.3, 0.4) is 0 Å². The van der Waals surface area contributed by atoms with Crippen molar-refractivity contribution in [2.24, 2.45) is 0 Å². The number of nitrogens with zero attached hydrogens (tertiary/aromatic N) is 2. The van der Waals surface area contributed by atoms with Gasteiger partial charge in [-0.25, -0.2) is 4.98 Å². The molecule has 3 heterocycles. The van der Waals surface area contributed by atoms with Crippen LogP contribution < -0.4 is 10.9 Å². The molecule has 0 spiro atoms. The Bertz CT molecular complexity index is 946. The fourth-order valence-electron chi connectivity index (χ4n) is 2.28. The molecule has 7 nitrogen and oxygen atoms in total. The number of carbonyl (C=O) groups excluding carboxylic acids is 2. The zero-order valence-corrected chi connectivity index (χ0v) is 15.1. The molecule has 25 heavy (non-hydrogen) atoms. The summed E-state index contributed by atoms with van der Waals surface area (Å²) in [7, 11) is 1.64. The molecule has 0 aliphatic carbocycles. The van der Waals surface area contributed by atoms with E-state index in [4.69, 9.17) is 0 Å². The predicted octanol–water partition coefficient (Wildman–Crippen LogP) is 1.82. The quantitative estimate of drug-likeness (QED) is 0.686. The fraction of sp³-hybridized carbons (Fsp3) is 0.250. The van der Waals surface area contributed by atoms with Crippen molar-refractivity contribution >= 4 is 44.7 Å². The number of aromatic nitrogens is 2. The van der Waals surface area contributed by atoms with Crippen LogP contribution in [0, 0.1) is 0 Å². The first-order chi connectivity index (χ1) is 12.0. The largest absolute Gasteiger partial charge is 0.351 e. The van der Waals surface area contributed by atoms with E-state index in [1.165, 1.54) is 27.6 Å². The van der Waals surface area contributed by atoms with Crippen LogP contribution in [0.5, 0.6) is 0 Å². The maximum absolute atomic E-state index is 12.2. The number of hydrogen-bond acceptors (Lipinski definition) is 6. The van der Waals surface area contributed by atoms with Crippen molar-refractivity contribution in [2.75, 3.05) is 13.6 Å². The molecule has 130 valence electrons. The Morgan fingerprint density at radius 2 is 2.12 bits per heavy atom. The number of nitrogens with one attached hydrogen (secondary N) is 2. The molecule has 9 heteroatoms. The Kier molecular flexibility index (Phi) is 5.25. The molecule has 3 aromatic heterocycles. The van der Waals surface area contributed by atoms with E-state index >= 15 is 0 Å². The second-order valence-electron chi connectivity index (χ2n) is 5.38. The minimum Gasteiger partial charge on any atom is -0.351 e. The summed E-state index contributed by atoms with van der Waals surface area (Å²) in [5, 5.41) is 6.35. The van der Waals surface area contributed by atoms with E-state index in [0.717, 1.165) is 0 Å². The summed E-state index contributed by atoms with van der Waals surface area (Å²) < 4.78 is 0.578. The van der Waals surface area contributed by atoms with E-state index in [1.54, 1.807) is 25.2 Å². The van der Waals surface area contributed by atoms with Crippen molar-refractivity contribution in [1.29, 1.82) is 0 Å². The topological polar surface area (TPSA) is 95.2 Å². The van der Waals surface area contributed by atoms with Crippen LogP contribution in [0.15, 0.2) is 33.8 Å². The smallest absolute Gasteiger partial charge is 0.268 e. The lowest BCUT2D eigenvalue weighted by atomic mass is 10.3. The van der Waals surface area contributed by atoms with E-state index in [2.05, 4.69) is 15.3 Å². The molecule has 3 rings (SSSR count). The van der Waals surface area contributed by atoms with Crippen LogP contribution in [0.4, 0.5) is 0 Å². The average molecular weight is 376 g/mol. The molecule has 0 aliphatic rings. The SMILES string of the molecule is CN(Cc1nc2ccsc2c(=O)[nH]1)C(=O)CCNC(=O)c1cccs1.